The molecule has 61 heavy (non-hydrogen) atoms. The van der Waals surface area contributed by atoms with Crippen molar-refractivity contribution in [2.24, 2.45) is 0 Å². The Bertz CT molecular complexity index is 1370. The molecule has 4 aliphatic heterocycles. The Morgan fingerprint density at radius 2 is 1.07 bits per heavy atom. The van der Waals surface area contributed by atoms with Crippen LogP contribution < -0.4 is 10.6 Å². The molecule has 4 heterocycles. The van der Waals surface area contributed by atoms with E-state index < -0.39 is 192 Å². The molecule has 0 saturated carbocycles. The van der Waals surface area contributed by atoms with Gasteiger partial charge in [-0.1, -0.05) is 0 Å². The molecule has 0 aromatic carbocycles. The van der Waals surface area contributed by atoms with Crippen LogP contribution in [-0.2, 0) is 47.5 Å². The first-order chi connectivity index (χ1) is 28.7. The number of carbonyl (C=O) groups excluding carboxylic acids is 2. The minimum Gasteiger partial charge on any atom is -0.394 e. The molecule has 0 aliphatic carbocycles. The number of aliphatic hydroxyl groups excluding tert-OH is 15. The number of hydrogen-bond acceptors (Lipinski definition) is 25. The molecule has 0 radical (unpaired) electrons. The van der Waals surface area contributed by atoms with Crippen LogP contribution in [0.5, 0.6) is 0 Å². The van der Waals surface area contributed by atoms with Crippen LogP contribution in [0.1, 0.15) is 20.8 Å². The predicted octanol–water partition coefficient (Wildman–Crippen LogP) is -11.0. The minimum atomic E-state index is -2.14. The fraction of sp³-hybridized carbons (Fsp3) is 0.941. The Hall–Kier alpha value is -1.98. The summed E-state index contributed by atoms with van der Waals surface area (Å²) in [4.78, 5) is 24.6. The molecule has 0 spiro atoms. The summed E-state index contributed by atoms with van der Waals surface area (Å²) >= 11 is 0. The zero-order valence-electron chi connectivity index (χ0n) is 33.2. The van der Waals surface area contributed by atoms with E-state index in [0.29, 0.717) is 0 Å². The van der Waals surface area contributed by atoms with Crippen LogP contribution in [0.4, 0.5) is 0 Å². The standard InChI is InChI=1S/C34H60N2O25/c1-9-18(45)23(50)25(52)32(54-9)61-30-29(21(48)15(7-40)56-34(30)58-27(19(46)13(44)5-38)12(4-37)35-10(2)42)60-31-17(36-11(3)43)22(49)28(16(8-41)57-31)59-33-26(53)24(51)20(47)14(6-39)55-33/h9,12-34,37-41,44-53H,4-8H2,1-3H3,(H,35,42)(H,36,43)/t9-,12-,13+,14+,15+,16+,17+,18+,19-,20-,21-,22+,23+,24-,25-,26+,27+,28+,29-,30+,31-,32-,33-,34-/m0/s1. The van der Waals surface area contributed by atoms with Gasteiger partial charge in [-0.15, -0.1) is 0 Å². The molecule has 4 saturated heterocycles. The number of ether oxygens (including phenoxy) is 8. The van der Waals surface area contributed by atoms with E-state index in [-0.39, 0.29) is 0 Å². The maximum absolute atomic E-state index is 12.5. The molecule has 0 aromatic rings. The second-order valence-electron chi connectivity index (χ2n) is 15.2. The second-order valence-corrected chi connectivity index (χ2v) is 15.2. The van der Waals surface area contributed by atoms with Crippen molar-refractivity contribution >= 4 is 11.8 Å². The molecule has 27 nitrogen and oxygen atoms in total. The molecule has 4 fully saturated rings. The van der Waals surface area contributed by atoms with E-state index in [1.165, 1.54) is 6.92 Å². The molecule has 4 aliphatic rings. The van der Waals surface area contributed by atoms with Gasteiger partial charge in [0.15, 0.2) is 25.2 Å². The maximum Gasteiger partial charge on any atom is 0.217 e. The van der Waals surface area contributed by atoms with Gasteiger partial charge in [-0.3, -0.25) is 9.59 Å². The number of rotatable bonds is 18. The fourth-order valence-electron chi connectivity index (χ4n) is 7.35. The Morgan fingerprint density at radius 3 is 1.61 bits per heavy atom. The minimum absolute atomic E-state index is 0.773. The molecule has 0 bridgehead atoms. The van der Waals surface area contributed by atoms with E-state index in [4.69, 9.17) is 37.9 Å². The van der Waals surface area contributed by atoms with Crippen molar-refractivity contribution in [3.63, 3.8) is 0 Å². The van der Waals surface area contributed by atoms with Crippen molar-refractivity contribution in [3.8, 4) is 0 Å². The zero-order valence-corrected chi connectivity index (χ0v) is 33.2. The molecule has 17 N–H and O–H groups in total. The maximum atomic E-state index is 12.5. The number of hydrogen-bond donors (Lipinski definition) is 17. The lowest BCUT2D eigenvalue weighted by molar-refractivity contribution is -0.396. The third kappa shape index (κ3) is 11.8. The first kappa shape index (κ1) is 51.7. The molecule has 0 aromatic heterocycles. The number of nitrogens with one attached hydrogen (secondary N) is 2. The highest BCUT2D eigenvalue weighted by atomic mass is 16.8. The van der Waals surface area contributed by atoms with Crippen LogP contribution in [0.3, 0.4) is 0 Å². The highest BCUT2D eigenvalue weighted by Crippen LogP contribution is 2.36. The molecule has 4 rings (SSSR count). The molecule has 356 valence electrons. The summed E-state index contributed by atoms with van der Waals surface area (Å²) in [6.07, 6.45) is -41.3. The van der Waals surface area contributed by atoms with Crippen LogP contribution in [0, 0.1) is 0 Å². The first-order valence-electron chi connectivity index (χ1n) is 19.4. The van der Waals surface area contributed by atoms with Crippen LogP contribution in [0.15, 0.2) is 0 Å². The molecular weight excluding hydrogens is 836 g/mol. The summed E-state index contributed by atoms with van der Waals surface area (Å²) in [7, 11) is 0. The summed E-state index contributed by atoms with van der Waals surface area (Å²) in [5.74, 6) is -1.61. The normalized spacial score (nSPS) is 44.1. The summed E-state index contributed by atoms with van der Waals surface area (Å²) in [6, 6.07) is -3.35. The van der Waals surface area contributed by atoms with Gasteiger partial charge in [0.2, 0.25) is 11.8 Å². The van der Waals surface area contributed by atoms with Gasteiger partial charge in [0.05, 0.1) is 45.2 Å². The van der Waals surface area contributed by atoms with Gasteiger partial charge in [-0.2, -0.15) is 0 Å². The molecule has 0 unspecified atom stereocenters. The Morgan fingerprint density at radius 1 is 0.557 bits per heavy atom. The highest BCUT2D eigenvalue weighted by Gasteiger charge is 2.57. The summed E-state index contributed by atoms with van der Waals surface area (Å²) in [5, 5.41) is 163. The Kier molecular flexibility index (Phi) is 19.3. The van der Waals surface area contributed by atoms with Gasteiger partial charge in [0.1, 0.15) is 110 Å². The smallest absolute Gasteiger partial charge is 0.217 e. The highest BCUT2D eigenvalue weighted by molar-refractivity contribution is 5.73. The van der Waals surface area contributed by atoms with Gasteiger partial charge >= 0.3 is 0 Å². The Labute approximate surface area is 347 Å². The zero-order chi connectivity index (χ0) is 45.6. The van der Waals surface area contributed by atoms with E-state index in [1.54, 1.807) is 0 Å². The Balaban J connectivity index is 1.77. The van der Waals surface area contributed by atoms with Crippen molar-refractivity contribution in [1.29, 1.82) is 0 Å². The van der Waals surface area contributed by atoms with Gasteiger partial charge < -0.3 is 125 Å². The van der Waals surface area contributed by atoms with E-state index in [1.807, 2.05) is 0 Å². The van der Waals surface area contributed by atoms with E-state index >= 15 is 0 Å². The SMILES string of the molecule is CC(=O)N[C@H]1[C@H](O[C@H]2[C@@H](O)[C@@H](CO)O[C@@H](O[C@@H]([C@@H](O)[C@H](O)CO)[C@H](CO)NC(C)=O)[C@@H]2O[C@@H]2O[C@@H](C)[C@@H](O)[C@@H](O)[C@@H]2O)O[C@H](CO)[C@@H](O[C@@H]2O[C@H](CO)[C@H](O)[C@H](O)[C@H]2O)[C@@H]1O. The van der Waals surface area contributed by atoms with Crippen molar-refractivity contribution < 1.29 is 124 Å². The van der Waals surface area contributed by atoms with Crippen LogP contribution in [0.25, 0.3) is 0 Å². The van der Waals surface area contributed by atoms with Gasteiger partial charge in [0, 0.05) is 13.8 Å². The fourth-order valence-corrected chi connectivity index (χ4v) is 7.35. The molecule has 27 heteroatoms. The van der Waals surface area contributed by atoms with E-state index in [2.05, 4.69) is 10.6 Å². The topological polar surface area (TPSA) is 435 Å². The summed E-state index contributed by atoms with van der Waals surface area (Å²) in [5.41, 5.74) is 0. The van der Waals surface area contributed by atoms with E-state index in [9.17, 15) is 86.2 Å². The molecule has 2 amide bonds. The largest absolute Gasteiger partial charge is 0.394 e. The number of carbonyl (C=O) groups is 2. The predicted molar refractivity (Wildman–Crippen MR) is 191 cm³/mol. The number of amides is 2. The second kappa shape index (κ2) is 22.8. The van der Waals surface area contributed by atoms with Crippen molar-refractivity contribution in [2.75, 3.05) is 33.0 Å². The summed E-state index contributed by atoms with van der Waals surface area (Å²) < 4.78 is 46.5. The lowest BCUT2D eigenvalue weighted by atomic mass is 9.94. The quantitative estimate of drug-likeness (QED) is 0.0607. The van der Waals surface area contributed by atoms with Crippen molar-refractivity contribution in [1.82, 2.24) is 10.6 Å². The average molecular weight is 897 g/mol. The molecular formula is C34H60N2O25. The first-order valence-corrected chi connectivity index (χ1v) is 19.4. The number of aliphatic hydroxyl groups is 15. The third-order valence-corrected chi connectivity index (χ3v) is 10.7. The van der Waals surface area contributed by atoms with Gasteiger partial charge in [-0.25, -0.2) is 0 Å². The average Bonchev–Trinajstić information content (AvgIpc) is 3.23. The van der Waals surface area contributed by atoms with Crippen molar-refractivity contribution in [2.45, 2.75) is 168 Å². The lowest BCUT2D eigenvalue weighted by Crippen LogP contribution is -2.70. The summed E-state index contributed by atoms with van der Waals surface area (Å²) in [6.45, 7) is -1.60. The van der Waals surface area contributed by atoms with Crippen LogP contribution in [0.2, 0.25) is 0 Å². The van der Waals surface area contributed by atoms with E-state index in [0.717, 1.165) is 13.8 Å². The van der Waals surface area contributed by atoms with Crippen molar-refractivity contribution in [3.05, 3.63) is 0 Å². The third-order valence-electron chi connectivity index (χ3n) is 10.7. The molecule has 24 atom stereocenters. The lowest BCUT2D eigenvalue weighted by Gasteiger charge is -2.51. The van der Waals surface area contributed by atoms with Gasteiger partial charge in [-0.05, 0) is 6.92 Å². The van der Waals surface area contributed by atoms with Crippen LogP contribution >= 0.6 is 0 Å². The van der Waals surface area contributed by atoms with Crippen LogP contribution in [-0.4, -0.2) is 269 Å². The monoisotopic (exact) mass is 896 g/mol. The van der Waals surface area contributed by atoms with Gasteiger partial charge in [0.25, 0.3) is 0 Å².